The Morgan fingerprint density at radius 2 is 1.75 bits per heavy atom. The summed E-state index contributed by atoms with van der Waals surface area (Å²) in [5.41, 5.74) is 2.65. The largest absolute Gasteiger partial charge is 0.357 e. The molecule has 0 unspecified atom stereocenters. The lowest BCUT2D eigenvalue weighted by Crippen LogP contribution is -2.41. The Morgan fingerprint density at radius 1 is 1.03 bits per heavy atom. The molecule has 3 N–H and O–H groups in total. The first-order chi connectivity index (χ1) is 14.7. The molecule has 0 aliphatic heterocycles. The third kappa shape index (κ3) is 9.94. The fourth-order valence-electron chi connectivity index (χ4n) is 2.92. The monoisotopic (exact) mass is 576 g/mol. The Morgan fingerprint density at radius 3 is 2.41 bits per heavy atom. The molecule has 2 aromatic carbocycles. The van der Waals surface area contributed by atoms with Gasteiger partial charge >= 0.3 is 0 Å². The Hall–Kier alpha value is -2.21. The first-order valence-corrected chi connectivity index (χ1v) is 12.1. The molecule has 0 aromatic heterocycles. The van der Waals surface area contributed by atoms with E-state index in [0.29, 0.717) is 42.3 Å². The van der Waals surface area contributed by atoms with E-state index in [4.69, 9.17) is 0 Å². The number of carbonyl (C=O) groups excluding carboxylic acids is 1. The van der Waals surface area contributed by atoms with Crippen molar-refractivity contribution in [1.82, 2.24) is 16.0 Å². The van der Waals surface area contributed by atoms with Gasteiger partial charge in [-0.25, -0.2) is 17.8 Å². The van der Waals surface area contributed by atoms with E-state index in [9.17, 15) is 17.6 Å². The van der Waals surface area contributed by atoms with Crippen molar-refractivity contribution in [2.45, 2.75) is 26.1 Å². The summed E-state index contributed by atoms with van der Waals surface area (Å²) < 4.78 is 37.0. The van der Waals surface area contributed by atoms with Gasteiger partial charge in [-0.1, -0.05) is 23.8 Å². The van der Waals surface area contributed by atoms with E-state index in [2.05, 4.69) is 20.9 Å². The van der Waals surface area contributed by atoms with Crippen molar-refractivity contribution in [3.05, 3.63) is 70.5 Å². The standard InChI is InChI=1S/C22H29FN4O3S.HI/c1-4-24-22(26-11-10-25-21(28)17-7-5-6-16(2)12-17)27-14-19-13-20(23)9-8-18(19)15-31(3,29)30;/h5-9,12-13H,4,10-11,14-15H2,1-3H3,(H,25,28)(H2,24,26,27);1H. The van der Waals surface area contributed by atoms with Gasteiger partial charge in [0.25, 0.3) is 5.91 Å². The zero-order valence-corrected chi connectivity index (χ0v) is 21.6. The van der Waals surface area contributed by atoms with E-state index in [1.54, 1.807) is 6.07 Å². The van der Waals surface area contributed by atoms with E-state index < -0.39 is 15.7 Å². The van der Waals surface area contributed by atoms with Gasteiger partial charge in [-0.05, 0) is 49.2 Å². The molecule has 1 amide bonds. The Bertz CT molecular complexity index is 1050. The first kappa shape index (κ1) is 27.8. The summed E-state index contributed by atoms with van der Waals surface area (Å²) in [5.74, 6) is -0.286. The molecule has 2 rings (SSSR count). The highest BCUT2D eigenvalue weighted by Gasteiger charge is 2.11. The molecule has 0 saturated heterocycles. The quantitative estimate of drug-likeness (QED) is 0.185. The van der Waals surface area contributed by atoms with E-state index >= 15 is 0 Å². The second kappa shape index (κ2) is 13.4. The molecule has 0 fully saturated rings. The van der Waals surface area contributed by atoms with Crippen LogP contribution in [0, 0.1) is 12.7 Å². The van der Waals surface area contributed by atoms with Crippen LogP contribution in [0.4, 0.5) is 4.39 Å². The molecule has 0 aliphatic rings. The average Bonchev–Trinajstić information content (AvgIpc) is 2.69. The van der Waals surface area contributed by atoms with Crippen LogP contribution in [0.15, 0.2) is 47.5 Å². The van der Waals surface area contributed by atoms with Gasteiger partial charge in [-0.15, -0.1) is 24.0 Å². The summed E-state index contributed by atoms with van der Waals surface area (Å²) in [6.45, 7) is 5.39. The second-order valence-electron chi connectivity index (χ2n) is 7.23. The smallest absolute Gasteiger partial charge is 0.251 e. The van der Waals surface area contributed by atoms with Gasteiger partial charge in [-0.2, -0.15) is 0 Å². The van der Waals surface area contributed by atoms with Gasteiger partial charge in [0.2, 0.25) is 0 Å². The van der Waals surface area contributed by atoms with Gasteiger partial charge in [0.15, 0.2) is 15.8 Å². The highest BCUT2D eigenvalue weighted by atomic mass is 127. The predicted molar refractivity (Wildman–Crippen MR) is 137 cm³/mol. The molecule has 2 aromatic rings. The molecule has 176 valence electrons. The van der Waals surface area contributed by atoms with Gasteiger partial charge in [-0.3, -0.25) is 4.79 Å². The number of sulfone groups is 1. The number of rotatable bonds is 9. The van der Waals surface area contributed by atoms with E-state index in [0.717, 1.165) is 11.8 Å². The van der Waals surface area contributed by atoms with Crippen molar-refractivity contribution >= 4 is 45.7 Å². The van der Waals surface area contributed by atoms with Crippen LogP contribution < -0.4 is 16.0 Å². The maximum Gasteiger partial charge on any atom is 0.251 e. The summed E-state index contributed by atoms with van der Waals surface area (Å²) >= 11 is 0. The Balaban J connectivity index is 0.00000512. The minimum atomic E-state index is -3.26. The van der Waals surface area contributed by atoms with Gasteiger partial charge in [0.05, 0.1) is 12.3 Å². The lowest BCUT2D eigenvalue weighted by molar-refractivity contribution is 0.0954. The number of amides is 1. The number of carbonyl (C=O) groups is 1. The van der Waals surface area contributed by atoms with Crippen LogP contribution in [0.3, 0.4) is 0 Å². The maximum atomic E-state index is 13.7. The third-order valence-corrected chi connectivity index (χ3v) is 5.16. The van der Waals surface area contributed by atoms with Crippen molar-refractivity contribution in [2.75, 3.05) is 25.9 Å². The molecule has 10 heteroatoms. The lowest BCUT2D eigenvalue weighted by atomic mass is 10.1. The Kier molecular flexibility index (Phi) is 11.6. The molecule has 0 heterocycles. The van der Waals surface area contributed by atoms with Crippen LogP contribution in [0.5, 0.6) is 0 Å². The molecule has 0 radical (unpaired) electrons. The number of nitrogens with zero attached hydrogens (tertiary/aromatic N) is 1. The van der Waals surface area contributed by atoms with E-state index in [1.165, 1.54) is 18.2 Å². The Labute approximate surface area is 206 Å². The fourth-order valence-corrected chi connectivity index (χ4v) is 3.76. The second-order valence-corrected chi connectivity index (χ2v) is 9.37. The van der Waals surface area contributed by atoms with Crippen molar-refractivity contribution in [3.63, 3.8) is 0 Å². The number of hydrogen-bond acceptors (Lipinski definition) is 4. The number of guanidine groups is 1. The van der Waals surface area contributed by atoms with Crippen molar-refractivity contribution < 1.29 is 17.6 Å². The minimum absolute atomic E-state index is 0. The van der Waals surface area contributed by atoms with E-state index in [1.807, 2.05) is 32.0 Å². The van der Waals surface area contributed by atoms with Crippen LogP contribution in [0.1, 0.15) is 34.0 Å². The number of aliphatic imine (C=N–C) groups is 1. The third-order valence-electron chi connectivity index (χ3n) is 4.32. The van der Waals surface area contributed by atoms with Crippen LogP contribution in [0.25, 0.3) is 0 Å². The molecule has 0 aliphatic carbocycles. The lowest BCUT2D eigenvalue weighted by Gasteiger charge is -2.13. The van der Waals surface area contributed by atoms with Gasteiger partial charge in [0.1, 0.15) is 5.82 Å². The summed E-state index contributed by atoms with van der Waals surface area (Å²) in [4.78, 5) is 16.6. The molecule has 0 spiro atoms. The van der Waals surface area contributed by atoms with Gasteiger partial charge in [0, 0.05) is 31.5 Å². The normalized spacial score (nSPS) is 11.4. The van der Waals surface area contributed by atoms with Crippen molar-refractivity contribution in [1.29, 1.82) is 0 Å². The minimum Gasteiger partial charge on any atom is -0.357 e. The van der Waals surface area contributed by atoms with Crippen LogP contribution in [0.2, 0.25) is 0 Å². The zero-order valence-electron chi connectivity index (χ0n) is 18.4. The summed E-state index contributed by atoms with van der Waals surface area (Å²) in [7, 11) is -3.26. The first-order valence-electron chi connectivity index (χ1n) is 10.00. The van der Waals surface area contributed by atoms with Crippen LogP contribution >= 0.6 is 24.0 Å². The number of nitrogens with one attached hydrogen (secondary N) is 3. The topological polar surface area (TPSA) is 99.7 Å². The zero-order chi connectivity index (χ0) is 22.9. The van der Waals surface area contributed by atoms with Crippen LogP contribution in [-0.2, 0) is 22.1 Å². The molecule has 0 atom stereocenters. The van der Waals surface area contributed by atoms with Gasteiger partial charge < -0.3 is 16.0 Å². The molecule has 0 bridgehead atoms. The maximum absolute atomic E-state index is 13.7. The SMILES string of the molecule is CCNC(=NCc1cc(F)ccc1CS(C)(=O)=O)NCCNC(=O)c1cccc(C)c1.I. The molecule has 32 heavy (non-hydrogen) atoms. The summed E-state index contributed by atoms with van der Waals surface area (Å²) in [5, 5.41) is 9.02. The molecular weight excluding hydrogens is 546 g/mol. The molecule has 0 saturated carbocycles. The fraction of sp³-hybridized carbons (Fsp3) is 0.364. The molecule has 7 nitrogen and oxygen atoms in total. The average molecular weight is 576 g/mol. The number of halogens is 2. The number of hydrogen-bond donors (Lipinski definition) is 3. The molecular formula is C22H30FIN4O3S. The highest BCUT2D eigenvalue weighted by Crippen LogP contribution is 2.15. The highest BCUT2D eigenvalue weighted by molar-refractivity contribution is 14.0. The van der Waals surface area contributed by atoms with E-state index in [-0.39, 0.29) is 42.2 Å². The van der Waals surface area contributed by atoms with Crippen molar-refractivity contribution in [2.24, 2.45) is 4.99 Å². The predicted octanol–water partition coefficient (Wildman–Crippen LogP) is 2.78. The van der Waals surface area contributed by atoms with Crippen molar-refractivity contribution in [3.8, 4) is 0 Å². The number of benzene rings is 2. The number of aryl methyl sites for hydroxylation is 1. The summed E-state index contributed by atoms with van der Waals surface area (Å²) in [6.07, 6.45) is 1.14. The van der Waals surface area contributed by atoms with Crippen LogP contribution in [-0.4, -0.2) is 46.2 Å². The summed E-state index contributed by atoms with van der Waals surface area (Å²) in [6, 6.07) is 11.4.